The van der Waals surface area contributed by atoms with Gasteiger partial charge in [0, 0.05) is 26.8 Å². The molecule has 0 aliphatic carbocycles. The lowest BCUT2D eigenvalue weighted by atomic mass is 9.91. The minimum Gasteiger partial charge on any atom is -0.381 e. The summed E-state index contributed by atoms with van der Waals surface area (Å²) in [6.07, 6.45) is 2.04. The molecule has 1 aromatic rings. The van der Waals surface area contributed by atoms with Crippen molar-refractivity contribution >= 4 is 5.91 Å². The zero-order chi connectivity index (χ0) is 14.6. The summed E-state index contributed by atoms with van der Waals surface area (Å²) >= 11 is 0. The number of carbonyl (C=O) groups excluding carboxylic acids is 1. The maximum Gasteiger partial charge on any atom is 0.246 e. The van der Waals surface area contributed by atoms with Gasteiger partial charge in [0.05, 0.1) is 0 Å². The maximum absolute atomic E-state index is 12.6. The van der Waals surface area contributed by atoms with Crippen LogP contribution in [0.3, 0.4) is 0 Å². The van der Waals surface area contributed by atoms with E-state index in [9.17, 15) is 4.79 Å². The number of carbonyl (C=O) groups is 1. The van der Waals surface area contributed by atoms with Crippen molar-refractivity contribution < 1.29 is 9.53 Å². The van der Waals surface area contributed by atoms with Crippen LogP contribution in [0.4, 0.5) is 0 Å². The molecular formula is C16H24N2O2. The molecule has 2 rings (SSSR count). The highest BCUT2D eigenvalue weighted by Gasteiger charge is 2.33. The SMILES string of the molecule is CN(CC1CCOCC1)C(=O)C(C)(N)c1ccccc1. The molecule has 1 aliphatic heterocycles. The van der Waals surface area contributed by atoms with Gasteiger partial charge in [-0.1, -0.05) is 30.3 Å². The van der Waals surface area contributed by atoms with Crippen LogP contribution in [0.2, 0.25) is 0 Å². The Morgan fingerprint density at radius 1 is 1.35 bits per heavy atom. The highest BCUT2D eigenvalue weighted by atomic mass is 16.5. The molecule has 1 atom stereocenters. The van der Waals surface area contributed by atoms with E-state index in [0.717, 1.165) is 38.2 Å². The molecular weight excluding hydrogens is 252 g/mol. The average molecular weight is 276 g/mol. The number of nitrogens with zero attached hydrogens (tertiary/aromatic N) is 1. The topological polar surface area (TPSA) is 55.6 Å². The van der Waals surface area contributed by atoms with Crippen LogP contribution >= 0.6 is 0 Å². The first kappa shape index (κ1) is 15.0. The first-order valence-corrected chi connectivity index (χ1v) is 7.19. The minimum atomic E-state index is -0.971. The average Bonchev–Trinajstić information content (AvgIpc) is 2.48. The monoisotopic (exact) mass is 276 g/mol. The van der Waals surface area contributed by atoms with E-state index >= 15 is 0 Å². The molecule has 1 aromatic carbocycles. The van der Waals surface area contributed by atoms with E-state index in [1.165, 1.54) is 0 Å². The third-order valence-electron chi connectivity index (χ3n) is 4.04. The molecule has 4 nitrogen and oxygen atoms in total. The third-order valence-corrected chi connectivity index (χ3v) is 4.04. The van der Waals surface area contributed by atoms with Gasteiger partial charge in [0.2, 0.25) is 5.91 Å². The van der Waals surface area contributed by atoms with Crippen molar-refractivity contribution in [1.82, 2.24) is 4.90 Å². The van der Waals surface area contributed by atoms with Crippen molar-refractivity contribution in [2.45, 2.75) is 25.3 Å². The summed E-state index contributed by atoms with van der Waals surface area (Å²) in [5.74, 6) is 0.486. The highest BCUT2D eigenvalue weighted by molar-refractivity contribution is 5.86. The van der Waals surface area contributed by atoms with Crippen molar-refractivity contribution in [1.29, 1.82) is 0 Å². The number of ether oxygens (including phenoxy) is 1. The summed E-state index contributed by atoms with van der Waals surface area (Å²) in [7, 11) is 1.84. The van der Waals surface area contributed by atoms with E-state index in [-0.39, 0.29) is 5.91 Å². The second-order valence-corrected chi connectivity index (χ2v) is 5.81. The fourth-order valence-electron chi connectivity index (χ4n) is 2.70. The molecule has 1 saturated heterocycles. The van der Waals surface area contributed by atoms with Crippen LogP contribution in [-0.2, 0) is 15.1 Å². The molecule has 0 spiro atoms. The Kier molecular flexibility index (Phi) is 4.78. The smallest absolute Gasteiger partial charge is 0.246 e. The summed E-state index contributed by atoms with van der Waals surface area (Å²) in [4.78, 5) is 14.4. The fraction of sp³-hybridized carbons (Fsp3) is 0.562. The van der Waals surface area contributed by atoms with E-state index in [4.69, 9.17) is 10.5 Å². The minimum absolute atomic E-state index is 0.0322. The van der Waals surface area contributed by atoms with E-state index < -0.39 is 5.54 Å². The van der Waals surface area contributed by atoms with Crippen LogP contribution in [0.1, 0.15) is 25.3 Å². The Hall–Kier alpha value is -1.39. The van der Waals surface area contributed by atoms with Gasteiger partial charge in [-0.25, -0.2) is 0 Å². The van der Waals surface area contributed by atoms with Crippen LogP contribution in [0, 0.1) is 5.92 Å². The van der Waals surface area contributed by atoms with Gasteiger partial charge in [0.15, 0.2) is 0 Å². The molecule has 0 radical (unpaired) electrons. The Morgan fingerprint density at radius 3 is 2.55 bits per heavy atom. The summed E-state index contributed by atoms with van der Waals surface area (Å²) < 4.78 is 5.35. The first-order chi connectivity index (χ1) is 9.51. The summed E-state index contributed by atoms with van der Waals surface area (Å²) in [5, 5.41) is 0. The molecule has 4 heteroatoms. The van der Waals surface area contributed by atoms with Gasteiger partial charge in [-0.3, -0.25) is 4.79 Å². The lowest BCUT2D eigenvalue weighted by molar-refractivity contribution is -0.136. The quantitative estimate of drug-likeness (QED) is 0.911. The molecule has 1 amide bonds. The van der Waals surface area contributed by atoms with E-state index in [2.05, 4.69) is 0 Å². The number of hydrogen-bond acceptors (Lipinski definition) is 3. The van der Waals surface area contributed by atoms with Gasteiger partial charge in [-0.2, -0.15) is 0 Å². The molecule has 1 unspecified atom stereocenters. The predicted molar refractivity (Wildman–Crippen MR) is 79.2 cm³/mol. The Morgan fingerprint density at radius 2 is 1.95 bits per heavy atom. The number of benzene rings is 1. The molecule has 0 bridgehead atoms. The van der Waals surface area contributed by atoms with Gasteiger partial charge in [-0.05, 0) is 31.2 Å². The second kappa shape index (κ2) is 6.37. The number of hydrogen-bond donors (Lipinski definition) is 1. The Labute approximate surface area is 120 Å². The van der Waals surface area contributed by atoms with E-state index in [1.54, 1.807) is 11.8 Å². The fourth-order valence-corrected chi connectivity index (χ4v) is 2.70. The number of amides is 1. The number of likely N-dealkylation sites (N-methyl/N-ethyl adjacent to an activating group) is 1. The third kappa shape index (κ3) is 3.38. The molecule has 1 aliphatic rings. The largest absolute Gasteiger partial charge is 0.381 e. The number of rotatable bonds is 4. The van der Waals surface area contributed by atoms with E-state index in [1.807, 2.05) is 37.4 Å². The first-order valence-electron chi connectivity index (χ1n) is 7.19. The zero-order valence-electron chi connectivity index (χ0n) is 12.3. The maximum atomic E-state index is 12.6. The van der Waals surface area contributed by atoms with Gasteiger partial charge in [0.25, 0.3) is 0 Å². The lowest BCUT2D eigenvalue weighted by Crippen LogP contribution is -2.50. The predicted octanol–water partition coefficient (Wildman–Crippen LogP) is 1.75. The molecule has 20 heavy (non-hydrogen) atoms. The van der Waals surface area contributed by atoms with Crippen molar-refractivity contribution in [3.8, 4) is 0 Å². The normalized spacial score (nSPS) is 19.4. The van der Waals surface area contributed by atoms with E-state index in [0.29, 0.717) is 5.92 Å². The van der Waals surface area contributed by atoms with Crippen LogP contribution in [-0.4, -0.2) is 37.6 Å². The van der Waals surface area contributed by atoms with Gasteiger partial charge >= 0.3 is 0 Å². The molecule has 0 aromatic heterocycles. The molecule has 1 fully saturated rings. The van der Waals surface area contributed by atoms with Crippen LogP contribution < -0.4 is 5.73 Å². The van der Waals surface area contributed by atoms with Crippen LogP contribution in [0.5, 0.6) is 0 Å². The molecule has 110 valence electrons. The van der Waals surface area contributed by atoms with Crippen LogP contribution in [0.15, 0.2) is 30.3 Å². The van der Waals surface area contributed by atoms with Crippen molar-refractivity contribution in [2.75, 3.05) is 26.8 Å². The summed E-state index contributed by atoms with van der Waals surface area (Å²) in [6, 6.07) is 9.55. The highest BCUT2D eigenvalue weighted by Crippen LogP contribution is 2.22. The standard InChI is InChI=1S/C16H24N2O2/c1-16(17,14-6-4-3-5-7-14)15(19)18(2)12-13-8-10-20-11-9-13/h3-7,13H,8-12,17H2,1-2H3. The lowest BCUT2D eigenvalue weighted by Gasteiger charge is -2.33. The van der Waals surface area contributed by atoms with Crippen molar-refractivity contribution in [3.05, 3.63) is 35.9 Å². The summed E-state index contributed by atoms with van der Waals surface area (Å²) in [5.41, 5.74) is 6.15. The van der Waals surface area contributed by atoms with Crippen molar-refractivity contribution in [3.63, 3.8) is 0 Å². The van der Waals surface area contributed by atoms with Gasteiger partial charge < -0.3 is 15.4 Å². The van der Waals surface area contributed by atoms with Gasteiger partial charge in [-0.15, -0.1) is 0 Å². The van der Waals surface area contributed by atoms with Crippen LogP contribution in [0.25, 0.3) is 0 Å². The zero-order valence-corrected chi connectivity index (χ0v) is 12.3. The Balaban J connectivity index is 2.01. The number of nitrogens with two attached hydrogens (primary N) is 1. The second-order valence-electron chi connectivity index (χ2n) is 5.81. The van der Waals surface area contributed by atoms with Crippen molar-refractivity contribution in [2.24, 2.45) is 11.7 Å². The molecule has 1 heterocycles. The molecule has 0 saturated carbocycles. The summed E-state index contributed by atoms with van der Waals surface area (Å²) in [6.45, 7) is 4.13. The van der Waals surface area contributed by atoms with Gasteiger partial charge in [0.1, 0.15) is 5.54 Å². The molecule has 2 N–H and O–H groups in total. The Bertz CT molecular complexity index is 439.